The molecule has 9 heteroatoms. The number of hydrogen-bond acceptors (Lipinski definition) is 5. The minimum absolute atomic E-state index is 0.0706. The summed E-state index contributed by atoms with van der Waals surface area (Å²) in [5.41, 5.74) is 0. The molecule has 7 nitrogen and oxygen atoms in total. The van der Waals surface area contributed by atoms with Gasteiger partial charge in [0.2, 0.25) is 10.0 Å². The van der Waals surface area contributed by atoms with E-state index in [9.17, 15) is 13.2 Å². The summed E-state index contributed by atoms with van der Waals surface area (Å²) in [5.74, 6) is -1.19. The van der Waals surface area contributed by atoms with Crippen molar-refractivity contribution in [3.8, 4) is 5.75 Å². The average Bonchev–Trinajstić information content (AvgIpc) is 2.35. The average molecular weight is 310 g/mol. The number of carbonyl (C=O) groups is 1. The molecular formula is C10H12ClNO6S. The van der Waals surface area contributed by atoms with Gasteiger partial charge in [0.05, 0.1) is 23.6 Å². The van der Waals surface area contributed by atoms with Gasteiger partial charge < -0.3 is 14.9 Å². The molecule has 0 aliphatic heterocycles. The Hall–Kier alpha value is -1.35. The minimum atomic E-state index is -4.09. The molecule has 19 heavy (non-hydrogen) atoms. The molecule has 0 fully saturated rings. The summed E-state index contributed by atoms with van der Waals surface area (Å²) < 4.78 is 30.5. The number of sulfonamides is 1. The third-order valence-corrected chi connectivity index (χ3v) is 3.98. The number of benzene rings is 1. The van der Waals surface area contributed by atoms with E-state index in [4.69, 9.17) is 26.6 Å². The van der Waals surface area contributed by atoms with Gasteiger partial charge >= 0.3 is 5.97 Å². The van der Waals surface area contributed by atoms with Crippen LogP contribution in [0.15, 0.2) is 23.1 Å². The number of carboxylic acid groups (broad SMARTS) is 1. The molecule has 0 heterocycles. The number of aliphatic hydroxyl groups excluding tert-OH is 1. The van der Waals surface area contributed by atoms with Gasteiger partial charge in [-0.25, -0.2) is 8.42 Å². The highest BCUT2D eigenvalue weighted by Crippen LogP contribution is 2.26. The molecule has 0 radical (unpaired) electrons. The zero-order valence-electron chi connectivity index (χ0n) is 9.83. The summed E-state index contributed by atoms with van der Waals surface area (Å²) >= 11 is 5.79. The molecule has 0 aliphatic rings. The van der Waals surface area contributed by atoms with Crippen molar-refractivity contribution < 1.29 is 28.2 Å². The van der Waals surface area contributed by atoms with Crippen molar-refractivity contribution in [3.05, 3.63) is 23.2 Å². The number of methoxy groups -OCH3 is 1. The lowest BCUT2D eigenvalue weighted by atomic mass is 10.3. The third-order valence-electron chi connectivity index (χ3n) is 2.21. The van der Waals surface area contributed by atoms with Crippen molar-refractivity contribution in [1.29, 1.82) is 0 Å². The number of ether oxygens (including phenoxy) is 1. The van der Waals surface area contributed by atoms with Gasteiger partial charge in [-0.1, -0.05) is 11.6 Å². The van der Waals surface area contributed by atoms with Crippen LogP contribution in [0.5, 0.6) is 5.75 Å². The molecule has 1 rings (SSSR count). The first-order valence-electron chi connectivity index (χ1n) is 5.01. The van der Waals surface area contributed by atoms with Crippen LogP contribution in [0.3, 0.4) is 0 Å². The quantitative estimate of drug-likeness (QED) is 0.685. The monoisotopic (exact) mass is 309 g/mol. The molecule has 0 aliphatic carbocycles. The Morgan fingerprint density at radius 1 is 1.53 bits per heavy atom. The molecule has 0 saturated carbocycles. The Morgan fingerprint density at radius 2 is 2.16 bits per heavy atom. The van der Waals surface area contributed by atoms with E-state index < -0.39 is 28.6 Å². The normalized spacial score (nSPS) is 13.0. The molecule has 1 aromatic carbocycles. The number of nitrogens with one attached hydrogen (secondary N) is 1. The second kappa shape index (κ2) is 6.20. The van der Waals surface area contributed by atoms with Gasteiger partial charge in [-0.05, 0) is 18.2 Å². The van der Waals surface area contributed by atoms with Crippen LogP contribution in [0.2, 0.25) is 5.02 Å². The summed E-state index contributed by atoms with van der Waals surface area (Å²) in [4.78, 5) is 10.4. The number of carboxylic acids is 1. The van der Waals surface area contributed by atoms with Crippen LogP contribution >= 0.6 is 11.6 Å². The fraction of sp³-hybridized carbons (Fsp3) is 0.300. The van der Waals surface area contributed by atoms with Crippen LogP contribution in [0, 0.1) is 0 Å². The van der Waals surface area contributed by atoms with E-state index in [1.807, 2.05) is 4.72 Å². The lowest BCUT2D eigenvalue weighted by Gasteiger charge is -2.13. The maximum absolute atomic E-state index is 11.9. The predicted molar refractivity (Wildman–Crippen MR) is 66.8 cm³/mol. The molecule has 1 atom stereocenters. The van der Waals surface area contributed by atoms with Crippen molar-refractivity contribution in [2.24, 2.45) is 0 Å². The standard InChI is InChI=1S/C10H12ClNO6S/c1-18-9-3-2-6(4-7(9)11)19(16,17)12-8(5-13)10(14)15/h2-4,8,12-13H,5H2,1H3,(H,14,15)/t8-/m0/s1. The first-order chi connectivity index (χ1) is 8.81. The summed E-state index contributed by atoms with van der Waals surface area (Å²) in [7, 11) is -2.72. The second-order valence-electron chi connectivity index (χ2n) is 3.49. The van der Waals surface area contributed by atoms with E-state index in [-0.39, 0.29) is 15.7 Å². The van der Waals surface area contributed by atoms with Gasteiger partial charge in [0.25, 0.3) is 0 Å². The maximum atomic E-state index is 11.9. The molecule has 0 bridgehead atoms. The van der Waals surface area contributed by atoms with Gasteiger partial charge in [0, 0.05) is 0 Å². The highest BCUT2D eigenvalue weighted by molar-refractivity contribution is 7.89. The van der Waals surface area contributed by atoms with Crippen LogP contribution in [0.25, 0.3) is 0 Å². The highest BCUT2D eigenvalue weighted by Gasteiger charge is 2.25. The molecule has 106 valence electrons. The van der Waals surface area contributed by atoms with Crippen molar-refractivity contribution in [2.45, 2.75) is 10.9 Å². The van der Waals surface area contributed by atoms with Gasteiger partial charge in [0.1, 0.15) is 11.8 Å². The molecule has 0 saturated heterocycles. The van der Waals surface area contributed by atoms with Crippen LogP contribution in [-0.2, 0) is 14.8 Å². The fourth-order valence-electron chi connectivity index (χ4n) is 1.24. The maximum Gasteiger partial charge on any atom is 0.324 e. The lowest BCUT2D eigenvalue weighted by Crippen LogP contribution is -2.43. The smallest absolute Gasteiger partial charge is 0.324 e. The number of aliphatic hydroxyl groups is 1. The van der Waals surface area contributed by atoms with Crippen LogP contribution in [0.4, 0.5) is 0 Å². The fourth-order valence-corrected chi connectivity index (χ4v) is 2.76. The summed E-state index contributed by atoms with van der Waals surface area (Å²) in [5, 5.41) is 17.5. The van der Waals surface area contributed by atoms with Crippen LogP contribution < -0.4 is 9.46 Å². The van der Waals surface area contributed by atoms with Gasteiger partial charge in [0.15, 0.2) is 0 Å². The lowest BCUT2D eigenvalue weighted by molar-refractivity contribution is -0.139. The minimum Gasteiger partial charge on any atom is -0.495 e. The van der Waals surface area contributed by atoms with Gasteiger partial charge in [-0.3, -0.25) is 4.79 Å². The van der Waals surface area contributed by atoms with E-state index in [0.29, 0.717) is 0 Å². The molecule has 3 N–H and O–H groups in total. The molecular weight excluding hydrogens is 298 g/mol. The van der Waals surface area contributed by atoms with E-state index >= 15 is 0 Å². The first kappa shape index (κ1) is 15.7. The van der Waals surface area contributed by atoms with Crippen LogP contribution in [0.1, 0.15) is 0 Å². The van der Waals surface area contributed by atoms with Crippen LogP contribution in [-0.4, -0.2) is 44.4 Å². The number of aliphatic carboxylic acids is 1. The molecule has 0 aromatic heterocycles. The van der Waals surface area contributed by atoms with Crippen molar-refractivity contribution >= 4 is 27.6 Å². The Morgan fingerprint density at radius 3 is 2.58 bits per heavy atom. The first-order valence-corrected chi connectivity index (χ1v) is 6.87. The van der Waals surface area contributed by atoms with E-state index in [1.165, 1.54) is 19.2 Å². The highest BCUT2D eigenvalue weighted by atomic mass is 35.5. The van der Waals surface area contributed by atoms with Crippen molar-refractivity contribution in [3.63, 3.8) is 0 Å². The van der Waals surface area contributed by atoms with E-state index in [2.05, 4.69) is 0 Å². The molecule has 0 amide bonds. The Kier molecular flexibility index (Phi) is 5.12. The summed E-state index contributed by atoms with van der Waals surface area (Å²) in [6.07, 6.45) is 0. The summed E-state index contributed by atoms with van der Waals surface area (Å²) in [6, 6.07) is 2.05. The zero-order valence-corrected chi connectivity index (χ0v) is 11.4. The molecule has 1 aromatic rings. The second-order valence-corrected chi connectivity index (χ2v) is 5.61. The Balaban J connectivity index is 3.07. The SMILES string of the molecule is COc1ccc(S(=O)(=O)N[C@@H](CO)C(=O)O)cc1Cl. The largest absolute Gasteiger partial charge is 0.495 e. The molecule has 0 unspecified atom stereocenters. The van der Waals surface area contributed by atoms with Crippen molar-refractivity contribution in [2.75, 3.05) is 13.7 Å². The topological polar surface area (TPSA) is 113 Å². The number of rotatable bonds is 6. The van der Waals surface area contributed by atoms with E-state index in [0.717, 1.165) is 6.07 Å². The van der Waals surface area contributed by atoms with Crippen molar-refractivity contribution in [1.82, 2.24) is 4.72 Å². The summed E-state index contributed by atoms with van der Waals surface area (Å²) in [6.45, 7) is -0.863. The zero-order chi connectivity index (χ0) is 14.6. The Bertz CT molecular complexity index is 573. The Labute approximate surface area is 114 Å². The number of halogens is 1. The van der Waals surface area contributed by atoms with Gasteiger partial charge in [-0.15, -0.1) is 0 Å². The predicted octanol–water partition coefficient (Wildman–Crippen LogP) is 0.0724. The third kappa shape index (κ3) is 3.80. The number of hydrogen-bond donors (Lipinski definition) is 3. The van der Waals surface area contributed by atoms with E-state index in [1.54, 1.807) is 0 Å². The van der Waals surface area contributed by atoms with Gasteiger partial charge in [-0.2, -0.15) is 4.72 Å². The molecule has 0 spiro atoms.